The molecule has 0 saturated carbocycles. The molecule has 0 bridgehead atoms. The summed E-state index contributed by atoms with van der Waals surface area (Å²) in [6, 6.07) is 3.97. The van der Waals surface area contributed by atoms with Crippen molar-refractivity contribution in [1.82, 2.24) is 5.32 Å². The summed E-state index contributed by atoms with van der Waals surface area (Å²) in [5.74, 6) is -0.0840. The molecule has 1 aromatic rings. The van der Waals surface area contributed by atoms with Crippen molar-refractivity contribution >= 4 is 11.8 Å². The van der Waals surface area contributed by atoms with Gasteiger partial charge in [-0.3, -0.25) is 9.59 Å². The zero-order chi connectivity index (χ0) is 15.1. The maximum atomic E-state index is 11.9. The number of carbonyl (C=O) groups is 2. The van der Waals surface area contributed by atoms with Gasteiger partial charge in [-0.1, -0.05) is 12.7 Å². The van der Waals surface area contributed by atoms with E-state index in [1.54, 1.807) is 18.2 Å². The highest BCUT2D eigenvalue weighted by Gasteiger charge is 2.15. The monoisotopic (exact) mass is 278 g/mol. The van der Waals surface area contributed by atoms with E-state index in [0.29, 0.717) is 23.7 Å². The molecule has 1 unspecified atom stereocenters. The molecule has 0 heterocycles. The van der Waals surface area contributed by atoms with E-state index in [-0.39, 0.29) is 0 Å². The van der Waals surface area contributed by atoms with E-state index >= 15 is 0 Å². The summed E-state index contributed by atoms with van der Waals surface area (Å²) in [6.07, 6.45) is 1.61. The van der Waals surface area contributed by atoms with Crippen LogP contribution in [0.5, 0.6) is 11.5 Å². The van der Waals surface area contributed by atoms with Crippen LogP contribution in [0.25, 0.3) is 0 Å². The Morgan fingerprint density at radius 2 is 2.15 bits per heavy atom. The third-order valence-electron chi connectivity index (χ3n) is 2.56. The third-order valence-corrected chi connectivity index (χ3v) is 2.56. The van der Waals surface area contributed by atoms with Crippen LogP contribution in [0, 0.1) is 0 Å². The van der Waals surface area contributed by atoms with E-state index in [1.807, 2.05) is 0 Å². The lowest BCUT2D eigenvalue weighted by Gasteiger charge is -2.13. The molecule has 108 valence electrons. The Hall–Kier alpha value is -2.50. The van der Waals surface area contributed by atoms with Crippen LogP contribution in [0.1, 0.15) is 17.3 Å². The topological polar surface area (TPSA) is 90.6 Å². The molecule has 1 atom stereocenters. The van der Waals surface area contributed by atoms with Gasteiger partial charge in [0, 0.05) is 5.56 Å². The van der Waals surface area contributed by atoms with Gasteiger partial charge in [0.05, 0.1) is 7.11 Å². The third kappa shape index (κ3) is 4.01. The van der Waals surface area contributed by atoms with E-state index < -0.39 is 17.9 Å². The average molecular weight is 278 g/mol. The predicted octanol–water partition coefficient (Wildman–Crippen LogP) is 0.864. The molecular weight excluding hydrogens is 260 g/mol. The van der Waals surface area contributed by atoms with E-state index in [1.165, 1.54) is 20.1 Å². The quantitative estimate of drug-likeness (QED) is 0.724. The summed E-state index contributed by atoms with van der Waals surface area (Å²) in [5.41, 5.74) is 5.44. The number of ether oxygens (including phenoxy) is 2. The number of amides is 2. The summed E-state index contributed by atoms with van der Waals surface area (Å²) < 4.78 is 10.5. The Morgan fingerprint density at radius 1 is 1.45 bits per heavy atom. The van der Waals surface area contributed by atoms with Crippen molar-refractivity contribution in [3.63, 3.8) is 0 Å². The first-order chi connectivity index (χ1) is 9.49. The summed E-state index contributed by atoms with van der Waals surface area (Å²) in [7, 11) is 1.48. The average Bonchev–Trinajstić information content (AvgIpc) is 2.44. The Morgan fingerprint density at radius 3 is 2.70 bits per heavy atom. The fraction of sp³-hybridized carbons (Fsp3) is 0.286. The maximum Gasteiger partial charge on any atom is 0.252 e. The normalized spacial score (nSPS) is 11.3. The largest absolute Gasteiger partial charge is 0.493 e. The molecule has 0 fully saturated rings. The second-order valence-electron chi connectivity index (χ2n) is 4.06. The molecule has 0 aliphatic heterocycles. The lowest BCUT2D eigenvalue weighted by molar-refractivity contribution is -0.119. The molecule has 20 heavy (non-hydrogen) atoms. The van der Waals surface area contributed by atoms with Gasteiger partial charge in [0.2, 0.25) is 5.91 Å². The molecule has 0 radical (unpaired) electrons. The number of rotatable bonds is 7. The molecule has 0 saturated heterocycles. The Labute approximate surface area is 117 Å². The van der Waals surface area contributed by atoms with Crippen molar-refractivity contribution in [3.05, 3.63) is 36.4 Å². The van der Waals surface area contributed by atoms with Crippen molar-refractivity contribution in [1.29, 1.82) is 0 Å². The minimum Gasteiger partial charge on any atom is -0.493 e. The molecule has 6 nitrogen and oxygen atoms in total. The van der Waals surface area contributed by atoms with Gasteiger partial charge in [-0.05, 0) is 25.1 Å². The number of nitrogens with one attached hydrogen (secondary N) is 1. The van der Waals surface area contributed by atoms with Crippen molar-refractivity contribution in [2.75, 3.05) is 13.7 Å². The molecule has 1 rings (SSSR count). The zero-order valence-electron chi connectivity index (χ0n) is 11.5. The number of hydrogen-bond donors (Lipinski definition) is 2. The van der Waals surface area contributed by atoms with Gasteiger partial charge in [0.25, 0.3) is 5.91 Å². The smallest absolute Gasteiger partial charge is 0.252 e. The predicted molar refractivity (Wildman–Crippen MR) is 74.8 cm³/mol. The van der Waals surface area contributed by atoms with Crippen LogP contribution in [0.3, 0.4) is 0 Å². The number of carbonyl (C=O) groups excluding carboxylic acids is 2. The van der Waals surface area contributed by atoms with Gasteiger partial charge in [-0.25, -0.2) is 0 Å². The molecule has 0 aliphatic carbocycles. The fourth-order valence-corrected chi connectivity index (χ4v) is 1.43. The van der Waals surface area contributed by atoms with Crippen LogP contribution >= 0.6 is 0 Å². The minimum atomic E-state index is -0.745. The maximum absolute atomic E-state index is 11.9. The Bertz CT molecular complexity index is 514. The highest BCUT2D eigenvalue weighted by atomic mass is 16.5. The van der Waals surface area contributed by atoms with Crippen molar-refractivity contribution in [3.8, 4) is 11.5 Å². The minimum absolute atomic E-state index is 0.334. The second-order valence-corrected chi connectivity index (χ2v) is 4.06. The van der Waals surface area contributed by atoms with Crippen LogP contribution in [0.15, 0.2) is 30.9 Å². The zero-order valence-corrected chi connectivity index (χ0v) is 11.5. The highest BCUT2D eigenvalue weighted by Crippen LogP contribution is 2.28. The molecule has 0 aromatic heterocycles. The highest BCUT2D eigenvalue weighted by molar-refractivity contribution is 5.97. The number of methoxy groups -OCH3 is 1. The summed E-state index contributed by atoms with van der Waals surface area (Å²) in [4.78, 5) is 22.8. The number of nitrogens with two attached hydrogens (primary N) is 1. The van der Waals surface area contributed by atoms with Gasteiger partial charge in [-0.2, -0.15) is 0 Å². The molecule has 3 N–H and O–H groups in total. The van der Waals surface area contributed by atoms with Gasteiger partial charge in [0.1, 0.15) is 12.6 Å². The molecule has 0 aliphatic rings. The lowest BCUT2D eigenvalue weighted by atomic mass is 10.1. The van der Waals surface area contributed by atoms with E-state index in [4.69, 9.17) is 15.2 Å². The van der Waals surface area contributed by atoms with Gasteiger partial charge in [0.15, 0.2) is 11.5 Å². The molecule has 2 amide bonds. The number of benzene rings is 1. The van der Waals surface area contributed by atoms with Crippen LogP contribution in [0.4, 0.5) is 0 Å². The van der Waals surface area contributed by atoms with E-state index in [0.717, 1.165) is 0 Å². The van der Waals surface area contributed by atoms with Crippen LogP contribution in [0.2, 0.25) is 0 Å². The van der Waals surface area contributed by atoms with E-state index in [2.05, 4.69) is 11.9 Å². The van der Waals surface area contributed by atoms with Gasteiger partial charge in [-0.15, -0.1) is 0 Å². The first kappa shape index (κ1) is 15.6. The Kier molecular flexibility index (Phi) is 5.58. The van der Waals surface area contributed by atoms with Crippen LogP contribution < -0.4 is 20.5 Å². The molecule has 1 aromatic carbocycles. The molecule has 6 heteroatoms. The summed E-state index contributed by atoms with van der Waals surface area (Å²) in [5, 5.41) is 2.48. The van der Waals surface area contributed by atoms with Crippen LogP contribution in [-0.2, 0) is 4.79 Å². The van der Waals surface area contributed by atoms with Crippen molar-refractivity contribution in [2.45, 2.75) is 13.0 Å². The van der Waals surface area contributed by atoms with Crippen molar-refractivity contribution < 1.29 is 19.1 Å². The standard InChI is InChI=1S/C14H18N2O4/c1-4-7-20-11-6-5-10(8-12(11)19-3)14(18)16-9(2)13(15)17/h4-6,8-9H,1,7H2,2-3H3,(H2,15,17)(H,16,18). The summed E-state index contributed by atoms with van der Waals surface area (Å²) in [6.45, 7) is 5.40. The second kappa shape index (κ2) is 7.18. The first-order valence-corrected chi connectivity index (χ1v) is 6.01. The van der Waals surface area contributed by atoms with Crippen LogP contribution in [-0.4, -0.2) is 31.6 Å². The van der Waals surface area contributed by atoms with Gasteiger partial charge < -0.3 is 20.5 Å². The molecule has 0 spiro atoms. The first-order valence-electron chi connectivity index (χ1n) is 6.01. The van der Waals surface area contributed by atoms with Crippen molar-refractivity contribution in [2.24, 2.45) is 5.73 Å². The SMILES string of the molecule is C=CCOc1ccc(C(=O)NC(C)C(N)=O)cc1OC. The molecular formula is C14H18N2O4. The summed E-state index contributed by atoms with van der Waals surface area (Å²) >= 11 is 0. The lowest BCUT2D eigenvalue weighted by Crippen LogP contribution is -2.42. The fourth-order valence-electron chi connectivity index (χ4n) is 1.43. The Balaban J connectivity index is 2.88. The van der Waals surface area contributed by atoms with Gasteiger partial charge >= 0.3 is 0 Å². The van der Waals surface area contributed by atoms with E-state index in [9.17, 15) is 9.59 Å². The number of primary amides is 1. The number of hydrogen-bond acceptors (Lipinski definition) is 4.